The Balaban J connectivity index is 1.63. The Morgan fingerprint density at radius 2 is 2.00 bits per heavy atom. The number of likely N-dealkylation sites (N-methyl/N-ethyl adjacent to an activating group) is 1. The molecule has 0 aliphatic carbocycles. The van der Waals surface area contributed by atoms with Gasteiger partial charge in [-0.1, -0.05) is 30.3 Å². The molecule has 3 heterocycles. The number of amides is 1. The number of benzene rings is 1. The van der Waals surface area contributed by atoms with Gasteiger partial charge in [-0.15, -0.1) is 0 Å². The van der Waals surface area contributed by atoms with Crippen LogP contribution < -0.4 is 10.6 Å². The summed E-state index contributed by atoms with van der Waals surface area (Å²) in [4.78, 5) is 25.0. The predicted molar refractivity (Wildman–Crippen MR) is 104 cm³/mol. The van der Waals surface area contributed by atoms with Gasteiger partial charge in [0.1, 0.15) is 18.5 Å². The summed E-state index contributed by atoms with van der Waals surface area (Å²) in [5.74, 6) is -0.00415. The quantitative estimate of drug-likeness (QED) is 0.479. The van der Waals surface area contributed by atoms with Crippen molar-refractivity contribution in [3.63, 3.8) is 0 Å². The Morgan fingerprint density at radius 1 is 1.24 bits per heavy atom. The second kappa shape index (κ2) is 7.39. The number of hydrogen-bond donors (Lipinski definition) is 4. The summed E-state index contributed by atoms with van der Waals surface area (Å²) in [6.45, 7) is 1.98. The molecule has 10 nitrogen and oxygen atoms in total. The molecule has 10 heteroatoms. The van der Waals surface area contributed by atoms with Gasteiger partial charge in [0.2, 0.25) is 0 Å². The summed E-state index contributed by atoms with van der Waals surface area (Å²) >= 11 is 0. The summed E-state index contributed by atoms with van der Waals surface area (Å²) in [5, 5.41) is 26.6. The molecule has 1 aliphatic heterocycles. The molecule has 4 rings (SSSR count). The van der Waals surface area contributed by atoms with Gasteiger partial charge in [-0.2, -0.15) is 0 Å². The lowest BCUT2D eigenvalue weighted by molar-refractivity contribution is -0.154. The lowest BCUT2D eigenvalue weighted by atomic mass is 9.96. The summed E-state index contributed by atoms with van der Waals surface area (Å²) in [7, 11) is 1.44. The maximum Gasteiger partial charge on any atom is 0.254 e. The third kappa shape index (κ3) is 3.20. The molecule has 0 bridgehead atoms. The molecule has 1 fully saturated rings. The molecule has 1 saturated heterocycles. The standard InChI is InChI=1S/C19H22N6O4/c1-19(18(28)20-2)14(27)13(26)17(29-19)25-10-24-12-15(22-9-23-16(12)25)21-8-11-6-4-3-5-7-11/h3-7,9-10,13-14,17,26-27H,8H2,1-2H3,(H,20,28)(H,21,22,23)/t13-,14+,17-,19+/m1/s1. The van der Waals surface area contributed by atoms with Crippen LogP contribution in [0.1, 0.15) is 18.7 Å². The van der Waals surface area contributed by atoms with Crippen LogP contribution in [0.4, 0.5) is 5.82 Å². The van der Waals surface area contributed by atoms with E-state index in [9.17, 15) is 15.0 Å². The van der Waals surface area contributed by atoms with Crippen molar-refractivity contribution < 1.29 is 19.7 Å². The zero-order valence-electron chi connectivity index (χ0n) is 16.0. The average Bonchev–Trinajstić information content (AvgIpc) is 3.28. The van der Waals surface area contributed by atoms with Gasteiger partial charge in [0.15, 0.2) is 28.8 Å². The number of carbonyl (C=O) groups is 1. The van der Waals surface area contributed by atoms with E-state index < -0.39 is 29.9 Å². The van der Waals surface area contributed by atoms with Gasteiger partial charge in [-0.05, 0) is 12.5 Å². The molecule has 0 unspecified atom stereocenters. The minimum atomic E-state index is -1.60. The number of aromatic nitrogens is 4. The number of fused-ring (bicyclic) bond motifs is 1. The van der Waals surface area contributed by atoms with E-state index in [2.05, 4.69) is 25.6 Å². The van der Waals surface area contributed by atoms with Crippen LogP contribution >= 0.6 is 0 Å². The molecule has 0 radical (unpaired) electrons. The number of ether oxygens (including phenoxy) is 1. The molecule has 1 amide bonds. The van der Waals surface area contributed by atoms with E-state index >= 15 is 0 Å². The number of anilines is 1. The number of aliphatic hydroxyl groups is 2. The van der Waals surface area contributed by atoms with Crippen molar-refractivity contribution in [2.75, 3.05) is 12.4 Å². The van der Waals surface area contributed by atoms with Gasteiger partial charge < -0.3 is 25.6 Å². The Morgan fingerprint density at radius 3 is 2.72 bits per heavy atom. The molecule has 3 aromatic rings. The molecule has 29 heavy (non-hydrogen) atoms. The van der Waals surface area contributed by atoms with Crippen molar-refractivity contribution in [3.05, 3.63) is 48.5 Å². The van der Waals surface area contributed by atoms with Crippen LogP contribution in [0.15, 0.2) is 43.0 Å². The maximum absolute atomic E-state index is 12.2. The highest BCUT2D eigenvalue weighted by atomic mass is 16.6. The SMILES string of the molecule is CNC(=O)[C@@]1(C)O[C@@H](n2cnc3c(NCc4ccccc4)ncnc32)[C@H](O)[C@@H]1O. The molecule has 4 atom stereocenters. The fraction of sp³-hybridized carbons (Fsp3) is 0.368. The number of nitrogens with zero attached hydrogens (tertiary/aromatic N) is 4. The zero-order chi connectivity index (χ0) is 20.6. The van der Waals surface area contributed by atoms with Crippen LogP contribution in [0, 0.1) is 0 Å². The molecular formula is C19H22N6O4. The second-order valence-electron chi connectivity index (χ2n) is 7.02. The van der Waals surface area contributed by atoms with Gasteiger partial charge in [0.05, 0.1) is 6.33 Å². The van der Waals surface area contributed by atoms with Gasteiger partial charge in [-0.25, -0.2) is 15.0 Å². The topological polar surface area (TPSA) is 134 Å². The third-order valence-electron chi connectivity index (χ3n) is 5.16. The van der Waals surface area contributed by atoms with Gasteiger partial charge >= 0.3 is 0 Å². The van der Waals surface area contributed by atoms with Crippen molar-refractivity contribution >= 4 is 22.9 Å². The van der Waals surface area contributed by atoms with E-state index in [1.807, 2.05) is 30.3 Å². The Labute approximate surface area is 166 Å². The molecular weight excluding hydrogens is 376 g/mol. The maximum atomic E-state index is 12.2. The van der Waals surface area contributed by atoms with E-state index in [0.29, 0.717) is 23.5 Å². The fourth-order valence-electron chi connectivity index (χ4n) is 3.48. The Hall–Kier alpha value is -3.08. The molecule has 2 aromatic heterocycles. The number of hydrogen-bond acceptors (Lipinski definition) is 8. The average molecular weight is 398 g/mol. The molecule has 1 aromatic carbocycles. The number of nitrogens with one attached hydrogen (secondary N) is 2. The monoisotopic (exact) mass is 398 g/mol. The second-order valence-corrected chi connectivity index (χ2v) is 7.02. The Kier molecular flexibility index (Phi) is 4.91. The highest BCUT2D eigenvalue weighted by Gasteiger charge is 2.56. The summed E-state index contributed by atoms with van der Waals surface area (Å²) in [6.07, 6.45) is -0.964. The first kappa shape index (κ1) is 19.2. The minimum absolute atomic E-state index is 0.410. The van der Waals surface area contributed by atoms with Gasteiger partial charge in [0, 0.05) is 13.6 Å². The normalized spacial score (nSPS) is 26.6. The smallest absolute Gasteiger partial charge is 0.254 e. The summed E-state index contributed by atoms with van der Waals surface area (Å²) in [5.41, 5.74) is 0.379. The van der Waals surface area contributed by atoms with Crippen LogP contribution in [0.5, 0.6) is 0 Å². The molecule has 152 valence electrons. The van der Waals surface area contributed by atoms with Crippen LogP contribution in [-0.2, 0) is 16.1 Å². The minimum Gasteiger partial charge on any atom is -0.387 e. The van der Waals surface area contributed by atoms with Crippen molar-refractivity contribution in [2.24, 2.45) is 0 Å². The third-order valence-corrected chi connectivity index (χ3v) is 5.16. The first-order valence-electron chi connectivity index (χ1n) is 9.17. The van der Waals surface area contributed by atoms with E-state index in [4.69, 9.17) is 4.74 Å². The zero-order valence-corrected chi connectivity index (χ0v) is 16.0. The van der Waals surface area contributed by atoms with Crippen LogP contribution in [0.3, 0.4) is 0 Å². The van der Waals surface area contributed by atoms with Crippen molar-refractivity contribution in [2.45, 2.75) is 37.5 Å². The van der Waals surface area contributed by atoms with Crippen molar-refractivity contribution in [1.82, 2.24) is 24.8 Å². The van der Waals surface area contributed by atoms with Crippen LogP contribution in [0.2, 0.25) is 0 Å². The first-order valence-corrected chi connectivity index (χ1v) is 9.17. The number of rotatable bonds is 5. The Bertz CT molecular complexity index is 1030. The van der Waals surface area contributed by atoms with E-state index in [1.54, 1.807) is 0 Å². The summed E-state index contributed by atoms with van der Waals surface area (Å²) in [6, 6.07) is 9.84. The van der Waals surface area contributed by atoms with E-state index in [1.165, 1.54) is 31.2 Å². The van der Waals surface area contributed by atoms with Crippen LogP contribution in [-0.4, -0.2) is 60.5 Å². The summed E-state index contributed by atoms with van der Waals surface area (Å²) < 4.78 is 7.27. The number of imidazole rings is 1. The van der Waals surface area contributed by atoms with Crippen molar-refractivity contribution in [1.29, 1.82) is 0 Å². The highest BCUT2D eigenvalue weighted by Crippen LogP contribution is 2.38. The van der Waals surface area contributed by atoms with Gasteiger partial charge in [-0.3, -0.25) is 9.36 Å². The number of aliphatic hydroxyl groups excluding tert-OH is 2. The lowest BCUT2D eigenvalue weighted by Crippen LogP contribution is -2.51. The van der Waals surface area contributed by atoms with Gasteiger partial charge in [0.25, 0.3) is 5.91 Å². The molecule has 0 spiro atoms. The lowest BCUT2D eigenvalue weighted by Gasteiger charge is -2.25. The number of carbonyl (C=O) groups excluding carboxylic acids is 1. The van der Waals surface area contributed by atoms with E-state index in [0.717, 1.165) is 5.56 Å². The highest BCUT2D eigenvalue weighted by molar-refractivity contribution is 5.86. The molecule has 0 saturated carbocycles. The van der Waals surface area contributed by atoms with Crippen LogP contribution in [0.25, 0.3) is 11.2 Å². The molecule has 4 N–H and O–H groups in total. The predicted octanol–water partition coefficient (Wildman–Crippen LogP) is 0.194. The largest absolute Gasteiger partial charge is 0.387 e. The van der Waals surface area contributed by atoms with Crippen molar-refractivity contribution in [3.8, 4) is 0 Å². The van der Waals surface area contributed by atoms with E-state index in [-0.39, 0.29) is 0 Å². The molecule has 1 aliphatic rings. The fourth-order valence-corrected chi connectivity index (χ4v) is 3.48. The first-order chi connectivity index (χ1) is 14.0.